The molecule has 10 heteroatoms. The zero-order valence-electron chi connectivity index (χ0n) is 11.7. The Kier molecular flexibility index (Phi) is 6.11. The van der Waals surface area contributed by atoms with E-state index in [1.165, 1.54) is 24.3 Å². The molecule has 0 saturated carbocycles. The number of benzene rings is 2. The van der Waals surface area contributed by atoms with Gasteiger partial charge in [0.25, 0.3) is 11.6 Å². The van der Waals surface area contributed by atoms with Crippen molar-refractivity contribution in [1.82, 2.24) is 5.32 Å². The third-order valence-corrected chi connectivity index (χ3v) is 4.07. The average molecular weight is 449 g/mol. The molecule has 0 fully saturated rings. The maximum absolute atomic E-state index is 12.2. The maximum atomic E-state index is 12.2. The van der Waals surface area contributed by atoms with Crippen LogP contribution in [-0.2, 0) is 0 Å². The molecule has 0 unspecified atom stereocenters. The average Bonchev–Trinajstić information content (AvgIpc) is 2.51. The molecule has 0 radical (unpaired) electrons. The van der Waals surface area contributed by atoms with E-state index in [0.717, 1.165) is 0 Å². The fraction of sp³-hybridized carbons (Fsp3) is 0. The van der Waals surface area contributed by atoms with E-state index < -0.39 is 10.8 Å². The molecule has 2 aromatic carbocycles. The van der Waals surface area contributed by atoms with Crippen LogP contribution in [0.2, 0.25) is 10.0 Å². The van der Waals surface area contributed by atoms with Crippen molar-refractivity contribution < 1.29 is 9.72 Å². The summed E-state index contributed by atoms with van der Waals surface area (Å²) in [5.41, 5.74) is 0.0513. The van der Waals surface area contributed by atoms with E-state index in [1.54, 1.807) is 12.1 Å². The van der Waals surface area contributed by atoms with Crippen molar-refractivity contribution in [3.8, 4) is 0 Å². The highest BCUT2D eigenvalue weighted by molar-refractivity contribution is 9.10. The van der Waals surface area contributed by atoms with Crippen molar-refractivity contribution in [3.05, 3.63) is 66.6 Å². The second-order valence-corrected chi connectivity index (χ2v) is 6.62. The second-order valence-electron chi connectivity index (χ2n) is 4.45. The predicted octanol–water partition coefficient (Wildman–Crippen LogP) is 4.79. The monoisotopic (exact) mass is 447 g/mol. The molecule has 0 bridgehead atoms. The number of halogens is 3. The van der Waals surface area contributed by atoms with Crippen LogP contribution in [0.15, 0.2) is 40.9 Å². The van der Waals surface area contributed by atoms with Gasteiger partial charge in [-0.25, -0.2) is 0 Å². The first kappa shape index (κ1) is 18.6. The molecule has 0 saturated heterocycles. The minimum absolute atomic E-state index is 0.107. The molecule has 0 atom stereocenters. The first-order valence-electron chi connectivity index (χ1n) is 6.29. The maximum Gasteiger partial charge on any atom is 0.294 e. The molecule has 1 amide bonds. The second kappa shape index (κ2) is 7.89. The number of nitro groups is 1. The van der Waals surface area contributed by atoms with Gasteiger partial charge in [-0.05, 0) is 42.5 Å². The van der Waals surface area contributed by atoms with E-state index in [4.69, 9.17) is 35.4 Å². The number of rotatable bonds is 3. The Hall–Kier alpha value is -1.74. The number of nitrogens with zero attached hydrogens (tertiary/aromatic N) is 1. The Morgan fingerprint density at radius 1 is 1.21 bits per heavy atom. The molecule has 0 aliphatic rings. The number of amides is 1. The molecule has 0 aliphatic heterocycles. The van der Waals surface area contributed by atoms with Gasteiger partial charge in [-0.15, -0.1) is 0 Å². The number of thiocarbonyl (C=S) groups is 1. The molecule has 0 spiro atoms. The zero-order valence-corrected chi connectivity index (χ0v) is 15.6. The van der Waals surface area contributed by atoms with Gasteiger partial charge in [-0.1, -0.05) is 39.1 Å². The van der Waals surface area contributed by atoms with Gasteiger partial charge >= 0.3 is 0 Å². The van der Waals surface area contributed by atoms with E-state index in [-0.39, 0.29) is 32.1 Å². The number of carbonyl (C=O) groups excluding carboxylic acids is 1. The van der Waals surface area contributed by atoms with Crippen LogP contribution in [0, 0.1) is 10.1 Å². The van der Waals surface area contributed by atoms with Crippen LogP contribution in [-0.4, -0.2) is 15.9 Å². The van der Waals surface area contributed by atoms with Gasteiger partial charge in [0.05, 0.1) is 15.5 Å². The third kappa shape index (κ3) is 4.64. The van der Waals surface area contributed by atoms with Crippen molar-refractivity contribution in [1.29, 1.82) is 0 Å². The Morgan fingerprint density at radius 2 is 1.92 bits per heavy atom. The first-order valence-corrected chi connectivity index (χ1v) is 8.25. The molecule has 124 valence electrons. The summed E-state index contributed by atoms with van der Waals surface area (Å²) in [5, 5.41) is 16.4. The van der Waals surface area contributed by atoms with Crippen LogP contribution in [0.4, 0.5) is 11.4 Å². The molecular formula is C14H8BrCl2N3O3S. The molecule has 0 aromatic heterocycles. The standard InChI is InChI=1S/C14H8BrCl2N3O3S/c15-7-1-3-10(17)9(5-7)13(21)19-14(24)18-11-4-2-8(16)6-12(11)20(22)23/h1-6H,(H2,18,19,21,24). The highest BCUT2D eigenvalue weighted by Gasteiger charge is 2.17. The van der Waals surface area contributed by atoms with E-state index in [0.29, 0.717) is 4.47 Å². The van der Waals surface area contributed by atoms with E-state index in [9.17, 15) is 14.9 Å². The van der Waals surface area contributed by atoms with Crippen LogP contribution >= 0.6 is 51.3 Å². The normalized spacial score (nSPS) is 10.1. The van der Waals surface area contributed by atoms with E-state index >= 15 is 0 Å². The molecule has 6 nitrogen and oxygen atoms in total. The number of hydrogen-bond acceptors (Lipinski definition) is 4. The summed E-state index contributed by atoms with van der Waals surface area (Å²) in [5.74, 6) is -0.546. The lowest BCUT2D eigenvalue weighted by molar-refractivity contribution is -0.383. The fourth-order valence-electron chi connectivity index (χ4n) is 1.76. The fourth-order valence-corrected chi connectivity index (χ4v) is 2.69. The minimum atomic E-state index is -0.607. The van der Waals surface area contributed by atoms with Gasteiger partial charge < -0.3 is 5.32 Å². The van der Waals surface area contributed by atoms with Crippen LogP contribution in [0.3, 0.4) is 0 Å². The number of nitro benzene ring substituents is 1. The topological polar surface area (TPSA) is 84.3 Å². The summed E-state index contributed by atoms with van der Waals surface area (Å²) in [6.45, 7) is 0. The quantitative estimate of drug-likeness (QED) is 0.400. The smallest absolute Gasteiger partial charge is 0.294 e. The number of carbonyl (C=O) groups is 1. The highest BCUT2D eigenvalue weighted by Crippen LogP contribution is 2.27. The van der Waals surface area contributed by atoms with Crippen molar-refractivity contribution >= 4 is 73.7 Å². The summed E-state index contributed by atoms with van der Waals surface area (Å²) in [6, 6.07) is 8.82. The van der Waals surface area contributed by atoms with Crippen LogP contribution in [0.5, 0.6) is 0 Å². The van der Waals surface area contributed by atoms with Gasteiger partial charge in [0.15, 0.2) is 5.11 Å². The lowest BCUT2D eigenvalue weighted by Gasteiger charge is -2.11. The molecule has 2 N–H and O–H groups in total. The third-order valence-electron chi connectivity index (χ3n) is 2.80. The van der Waals surface area contributed by atoms with E-state index in [1.807, 2.05) is 0 Å². The molecule has 0 heterocycles. The number of nitrogens with one attached hydrogen (secondary N) is 2. The SMILES string of the molecule is O=C(NC(=S)Nc1ccc(Cl)cc1[N+](=O)[O-])c1cc(Br)ccc1Cl. The predicted molar refractivity (Wildman–Crippen MR) is 101 cm³/mol. The first-order chi connectivity index (χ1) is 11.3. The lowest BCUT2D eigenvalue weighted by atomic mass is 10.2. The summed E-state index contributed by atoms with van der Waals surface area (Å²) in [4.78, 5) is 22.6. The largest absolute Gasteiger partial charge is 0.327 e. The minimum Gasteiger partial charge on any atom is -0.327 e. The van der Waals surface area contributed by atoms with Crippen molar-refractivity contribution in [2.45, 2.75) is 0 Å². The highest BCUT2D eigenvalue weighted by atomic mass is 79.9. The molecular weight excluding hydrogens is 441 g/mol. The Bertz CT molecular complexity index is 848. The summed E-state index contributed by atoms with van der Waals surface area (Å²) in [7, 11) is 0. The van der Waals surface area contributed by atoms with E-state index in [2.05, 4.69) is 26.6 Å². The van der Waals surface area contributed by atoms with Crippen LogP contribution in [0.25, 0.3) is 0 Å². The van der Waals surface area contributed by atoms with Crippen molar-refractivity contribution in [3.63, 3.8) is 0 Å². The summed E-state index contributed by atoms with van der Waals surface area (Å²) < 4.78 is 0.671. The number of anilines is 1. The van der Waals surface area contributed by atoms with Crippen molar-refractivity contribution in [2.24, 2.45) is 0 Å². The molecule has 0 aliphatic carbocycles. The van der Waals surface area contributed by atoms with Gasteiger partial charge in [-0.3, -0.25) is 20.2 Å². The summed E-state index contributed by atoms with van der Waals surface area (Å²) in [6.07, 6.45) is 0. The van der Waals surface area contributed by atoms with Gasteiger partial charge in [0, 0.05) is 15.6 Å². The van der Waals surface area contributed by atoms with Crippen molar-refractivity contribution in [2.75, 3.05) is 5.32 Å². The lowest BCUT2D eigenvalue weighted by Crippen LogP contribution is -2.34. The van der Waals surface area contributed by atoms with Gasteiger partial charge in [-0.2, -0.15) is 0 Å². The Morgan fingerprint density at radius 3 is 2.58 bits per heavy atom. The van der Waals surface area contributed by atoms with Crippen LogP contribution < -0.4 is 10.6 Å². The van der Waals surface area contributed by atoms with Gasteiger partial charge in [0.2, 0.25) is 0 Å². The zero-order chi connectivity index (χ0) is 17.9. The van der Waals surface area contributed by atoms with Gasteiger partial charge in [0.1, 0.15) is 5.69 Å². The molecule has 24 heavy (non-hydrogen) atoms. The number of hydrogen-bond donors (Lipinski definition) is 2. The summed E-state index contributed by atoms with van der Waals surface area (Å²) >= 11 is 20.0. The molecule has 2 rings (SSSR count). The Labute approximate surface area is 160 Å². The molecule has 2 aromatic rings. The van der Waals surface area contributed by atoms with Crippen LogP contribution in [0.1, 0.15) is 10.4 Å². The Balaban J connectivity index is 2.15.